The number of nitrogens with one attached hydrogen (secondary N) is 1. The lowest BCUT2D eigenvalue weighted by Crippen LogP contribution is -2.50. The highest BCUT2D eigenvalue weighted by Crippen LogP contribution is 2.26. The van der Waals surface area contributed by atoms with Gasteiger partial charge in [0.25, 0.3) is 0 Å². The first-order chi connectivity index (χ1) is 12.4. The van der Waals surface area contributed by atoms with Crippen LogP contribution in [0.15, 0.2) is 18.2 Å². The van der Waals surface area contributed by atoms with Crippen molar-refractivity contribution < 1.29 is 19.4 Å². The first-order valence-electron chi connectivity index (χ1n) is 8.75. The molecule has 0 radical (unpaired) electrons. The predicted octanol–water partition coefficient (Wildman–Crippen LogP) is 2.43. The average Bonchev–Trinajstić information content (AvgIpc) is 2.61. The van der Waals surface area contributed by atoms with Gasteiger partial charge in [-0.25, -0.2) is 4.79 Å². The van der Waals surface area contributed by atoms with Gasteiger partial charge < -0.3 is 20.1 Å². The van der Waals surface area contributed by atoms with Gasteiger partial charge in [-0.05, 0) is 38.0 Å². The van der Waals surface area contributed by atoms with Gasteiger partial charge in [-0.2, -0.15) is 0 Å². The second-order valence-corrected chi connectivity index (χ2v) is 6.75. The van der Waals surface area contributed by atoms with Crippen LogP contribution < -0.4 is 10.1 Å². The van der Waals surface area contributed by atoms with Gasteiger partial charge in [0.1, 0.15) is 5.75 Å². The van der Waals surface area contributed by atoms with Gasteiger partial charge in [0.15, 0.2) is 0 Å². The molecule has 2 rings (SSSR count). The molecular weight excluding hydrogens is 358 g/mol. The molecule has 26 heavy (non-hydrogen) atoms. The van der Waals surface area contributed by atoms with Crippen molar-refractivity contribution >= 4 is 23.6 Å². The zero-order chi connectivity index (χ0) is 19.1. The molecule has 1 heterocycles. The molecule has 8 heteroatoms. The molecule has 0 aliphatic carbocycles. The third-order valence-corrected chi connectivity index (χ3v) is 4.79. The topological polar surface area (TPSA) is 82.1 Å². The number of likely N-dealkylation sites (tertiary alicyclic amines) is 1. The summed E-state index contributed by atoms with van der Waals surface area (Å²) in [5.41, 5.74) is 0.854. The van der Waals surface area contributed by atoms with Crippen molar-refractivity contribution in [1.82, 2.24) is 15.1 Å². The normalized spacial score (nSPS) is 15.2. The number of carbonyl (C=O) groups excluding carboxylic acids is 1. The van der Waals surface area contributed by atoms with Gasteiger partial charge in [-0.3, -0.25) is 9.69 Å². The number of hydrogen-bond acceptors (Lipinski definition) is 4. The van der Waals surface area contributed by atoms with E-state index >= 15 is 0 Å². The number of halogens is 1. The maximum absolute atomic E-state index is 11.9. The molecule has 0 spiro atoms. The van der Waals surface area contributed by atoms with Crippen LogP contribution in [0.25, 0.3) is 0 Å². The highest BCUT2D eigenvalue weighted by molar-refractivity contribution is 6.30. The first-order valence-corrected chi connectivity index (χ1v) is 9.13. The Morgan fingerprint density at radius 2 is 2.08 bits per heavy atom. The maximum Gasteiger partial charge on any atom is 0.317 e. The summed E-state index contributed by atoms with van der Waals surface area (Å²) >= 11 is 6.09. The van der Waals surface area contributed by atoms with Crippen molar-refractivity contribution in [2.75, 3.05) is 33.3 Å². The zero-order valence-corrected chi connectivity index (χ0v) is 16.0. The van der Waals surface area contributed by atoms with Crippen LogP contribution in [0.3, 0.4) is 0 Å². The Kier molecular flexibility index (Phi) is 7.53. The Bertz CT molecular complexity index is 633. The summed E-state index contributed by atoms with van der Waals surface area (Å²) in [6.07, 6.45) is 1.46. The van der Waals surface area contributed by atoms with Gasteiger partial charge in [-0.1, -0.05) is 11.6 Å². The van der Waals surface area contributed by atoms with E-state index in [-0.39, 0.29) is 18.6 Å². The van der Waals surface area contributed by atoms with E-state index in [0.29, 0.717) is 37.0 Å². The number of ether oxygens (including phenoxy) is 1. The second-order valence-electron chi connectivity index (χ2n) is 6.31. The van der Waals surface area contributed by atoms with Crippen LogP contribution in [-0.4, -0.2) is 66.2 Å². The number of carboxylic acids is 1. The van der Waals surface area contributed by atoms with E-state index in [9.17, 15) is 14.7 Å². The molecule has 2 N–H and O–H groups in total. The second kappa shape index (κ2) is 9.64. The van der Waals surface area contributed by atoms with Crippen LogP contribution in [-0.2, 0) is 11.3 Å². The standard InChI is InChI=1S/C18H26ClN3O4/c1-3-20-18(25)21-8-6-15(7-9-21)22(12-17(23)24)11-13-10-14(19)4-5-16(13)26-2/h4-5,10,15H,3,6-9,11-12H2,1-2H3,(H,20,25)(H,23,24). The van der Waals surface area contributed by atoms with Crippen molar-refractivity contribution in [1.29, 1.82) is 0 Å². The summed E-state index contributed by atoms with van der Waals surface area (Å²) in [7, 11) is 1.58. The van der Waals surface area contributed by atoms with Gasteiger partial charge >= 0.3 is 12.0 Å². The number of urea groups is 1. The number of amides is 2. The van der Waals surface area contributed by atoms with E-state index in [1.165, 1.54) is 0 Å². The molecule has 0 unspecified atom stereocenters. The van der Waals surface area contributed by atoms with Gasteiger partial charge in [0.05, 0.1) is 13.7 Å². The molecule has 2 amide bonds. The quantitative estimate of drug-likeness (QED) is 0.755. The molecule has 7 nitrogen and oxygen atoms in total. The van der Waals surface area contributed by atoms with Crippen LogP contribution in [0.5, 0.6) is 5.75 Å². The molecule has 0 aromatic heterocycles. The van der Waals surface area contributed by atoms with E-state index < -0.39 is 5.97 Å². The minimum atomic E-state index is -0.878. The summed E-state index contributed by atoms with van der Waals surface area (Å²) in [5.74, 6) is -0.193. The molecule has 1 saturated heterocycles. The number of carboxylic acid groups (broad SMARTS) is 1. The molecule has 0 bridgehead atoms. The molecule has 0 atom stereocenters. The molecule has 1 aliphatic rings. The number of aliphatic carboxylic acids is 1. The number of rotatable bonds is 7. The monoisotopic (exact) mass is 383 g/mol. The molecule has 1 fully saturated rings. The molecule has 0 saturated carbocycles. The van der Waals surface area contributed by atoms with Gasteiger partial charge in [-0.15, -0.1) is 0 Å². The fraction of sp³-hybridized carbons (Fsp3) is 0.556. The highest BCUT2D eigenvalue weighted by Gasteiger charge is 2.28. The number of benzene rings is 1. The number of hydrogen-bond donors (Lipinski definition) is 2. The average molecular weight is 384 g/mol. The van der Waals surface area contributed by atoms with E-state index in [1.807, 2.05) is 11.8 Å². The van der Waals surface area contributed by atoms with Crippen molar-refractivity contribution in [2.24, 2.45) is 0 Å². The SMILES string of the molecule is CCNC(=O)N1CCC(N(CC(=O)O)Cc2cc(Cl)ccc2OC)CC1. The summed E-state index contributed by atoms with van der Waals surface area (Å²) in [4.78, 5) is 27.0. The first kappa shape index (κ1) is 20.3. The molecule has 1 aromatic rings. The Balaban J connectivity index is 2.08. The molecule has 144 valence electrons. The number of nitrogens with zero attached hydrogens (tertiary/aromatic N) is 2. The fourth-order valence-electron chi connectivity index (χ4n) is 3.27. The lowest BCUT2D eigenvalue weighted by molar-refractivity contribution is -0.139. The number of carbonyl (C=O) groups is 2. The van der Waals surface area contributed by atoms with Gasteiger partial charge in [0, 0.05) is 42.8 Å². The summed E-state index contributed by atoms with van der Waals surface area (Å²) in [5, 5.41) is 12.7. The third-order valence-electron chi connectivity index (χ3n) is 4.55. The van der Waals surface area contributed by atoms with Gasteiger partial charge in [0.2, 0.25) is 0 Å². The lowest BCUT2D eigenvalue weighted by Gasteiger charge is -2.38. The Hall–Kier alpha value is -1.99. The number of piperidine rings is 1. The smallest absolute Gasteiger partial charge is 0.317 e. The summed E-state index contributed by atoms with van der Waals surface area (Å²) in [6.45, 7) is 4.07. The van der Waals surface area contributed by atoms with Crippen LogP contribution >= 0.6 is 11.6 Å². The van der Waals surface area contributed by atoms with Crippen molar-refractivity contribution in [3.63, 3.8) is 0 Å². The van der Waals surface area contributed by atoms with Crippen LogP contribution in [0.2, 0.25) is 5.02 Å². The van der Waals surface area contributed by atoms with Crippen molar-refractivity contribution in [3.05, 3.63) is 28.8 Å². The molecule has 1 aromatic carbocycles. The van der Waals surface area contributed by atoms with Crippen LogP contribution in [0.1, 0.15) is 25.3 Å². The Labute approximate surface area is 158 Å². The fourth-order valence-corrected chi connectivity index (χ4v) is 3.47. The molecular formula is C18H26ClN3O4. The number of methoxy groups -OCH3 is 1. The van der Waals surface area contributed by atoms with E-state index in [2.05, 4.69) is 5.32 Å². The largest absolute Gasteiger partial charge is 0.496 e. The summed E-state index contributed by atoms with van der Waals surface area (Å²) < 4.78 is 5.38. The Morgan fingerprint density at radius 1 is 1.38 bits per heavy atom. The third kappa shape index (κ3) is 5.51. The highest BCUT2D eigenvalue weighted by atomic mass is 35.5. The minimum Gasteiger partial charge on any atom is -0.496 e. The maximum atomic E-state index is 11.9. The zero-order valence-electron chi connectivity index (χ0n) is 15.2. The Morgan fingerprint density at radius 3 is 2.65 bits per heavy atom. The minimum absolute atomic E-state index is 0.0627. The molecule has 1 aliphatic heterocycles. The van der Waals surface area contributed by atoms with Crippen LogP contribution in [0.4, 0.5) is 4.79 Å². The van der Waals surface area contributed by atoms with E-state index in [1.54, 1.807) is 30.2 Å². The summed E-state index contributed by atoms with van der Waals surface area (Å²) in [6, 6.07) is 5.36. The van der Waals surface area contributed by atoms with Crippen molar-refractivity contribution in [2.45, 2.75) is 32.4 Å². The predicted molar refractivity (Wildman–Crippen MR) is 99.7 cm³/mol. The van der Waals surface area contributed by atoms with Crippen molar-refractivity contribution in [3.8, 4) is 5.75 Å². The lowest BCUT2D eigenvalue weighted by atomic mass is 10.0. The van der Waals surface area contributed by atoms with E-state index in [0.717, 1.165) is 18.4 Å². The van der Waals surface area contributed by atoms with Crippen LogP contribution in [0, 0.1) is 0 Å². The van der Waals surface area contributed by atoms with E-state index in [4.69, 9.17) is 16.3 Å².